The van der Waals surface area contributed by atoms with Crippen LogP contribution in [-0.2, 0) is 18.9 Å². The number of rotatable bonds is 2. The van der Waals surface area contributed by atoms with E-state index in [1.54, 1.807) is 6.92 Å². The van der Waals surface area contributed by atoms with Crippen molar-refractivity contribution in [1.82, 2.24) is 34.3 Å². The number of thiophene rings is 1. The molecular formula is C18H10BrF6N7S. The summed E-state index contributed by atoms with van der Waals surface area (Å²) in [5.74, 6) is 0.161. The van der Waals surface area contributed by atoms with Gasteiger partial charge in [0.15, 0.2) is 17.2 Å². The number of hydrogen-bond acceptors (Lipinski definition) is 6. The van der Waals surface area contributed by atoms with Gasteiger partial charge in [0.05, 0.1) is 15.7 Å². The van der Waals surface area contributed by atoms with Crippen molar-refractivity contribution < 1.29 is 26.3 Å². The Bertz CT molecular complexity index is 1560. The lowest BCUT2D eigenvalue weighted by molar-refractivity contribution is -0.142. The Labute approximate surface area is 192 Å². The summed E-state index contributed by atoms with van der Waals surface area (Å²) in [6, 6.07) is 0.964. The summed E-state index contributed by atoms with van der Waals surface area (Å²) < 4.78 is 81.7. The average Bonchev–Trinajstić information content (AvgIpc) is 3.36. The molecule has 5 aromatic rings. The van der Waals surface area contributed by atoms with E-state index in [1.807, 2.05) is 0 Å². The van der Waals surface area contributed by atoms with E-state index in [-0.39, 0.29) is 27.4 Å². The van der Waals surface area contributed by atoms with Crippen molar-refractivity contribution in [3.63, 3.8) is 0 Å². The van der Waals surface area contributed by atoms with E-state index < -0.39 is 23.7 Å². The van der Waals surface area contributed by atoms with Gasteiger partial charge in [-0.1, -0.05) is 0 Å². The van der Waals surface area contributed by atoms with Crippen LogP contribution >= 0.6 is 27.3 Å². The molecule has 0 saturated carbocycles. The summed E-state index contributed by atoms with van der Waals surface area (Å²) in [4.78, 5) is 12.6. The smallest absolute Gasteiger partial charge is 0.260 e. The Morgan fingerprint density at radius 1 is 1.03 bits per heavy atom. The fraction of sp³-hybridized carbons (Fsp3) is 0.278. The summed E-state index contributed by atoms with van der Waals surface area (Å²) in [5.41, 5.74) is -0.710. The van der Waals surface area contributed by atoms with Crippen LogP contribution in [0.15, 0.2) is 16.9 Å². The van der Waals surface area contributed by atoms with Gasteiger partial charge < -0.3 is 0 Å². The molecule has 0 aliphatic heterocycles. The first kappa shape index (κ1) is 22.0. The van der Waals surface area contributed by atoms with E-state index in [2.05, 4.69) is 41.1 Å². The van der Waals surface area contributed by atoms with Gasteiger partial charge in [-0.15, -0.1) is 16.4 Å². The molecular weight excluding hydrogens is 540 g/mol. The van der Waals surface area contributed by atoms with Crippen LogP contribution in [0.3, 0.4) is 0 Å². The van der Waals surface area contributed by atoms with E-state index >= 15 is 0 Å². The maximum atomic E-state index is 13.2. The van der Waals surface area contributed by atoms with Crippen molar-refractivity contribution in [3.8, 4) is 0 Å². The molecule has 0 amide bonds. The molecule has 5 rings (SSSR count). The lowest BCUT2D eigenvalue weighted by Crippen LogP contribution is -2.10. The molecule has 0 aliphatic rings. The van der Waals surface area contributed by atoms with Crippen LogP contribution in [-0.4, -0.2) is 34.3 Å². The predicted molar refractivity (Wildman–Crippen MR) is 110 cm³/mol. The average molecular weight is 550 g/mol. The van der Waals surface area contributed by atoms with Crippen molar-refractivity contribution in [2.24, 2.45) is 0 Å². The highest BCUT2D eigenvalue weighted by Crippen LogP contribution is 2.39. The summed E-state index contributed by atoms with van der Waals surface area (Å²) in [7, 11) is 0. The van der Waals surface area contributed by atoms with E-state index in [1.165, 1.54) is 17.8 Å². The quantitative estimate of drug-likeness (QED) is 0.270. The molecule has 0 unspecified atom stereocenters. The Kier molecular flexibility index (Phi) is 4.73. The number of fused-ring (bicyclic) bond motifs is 5. The van der Waals surface area contributed by atoms with Crippen LogP contribution in [0.5, 0.6) is 0 Å². The number of pyridine rings is 1. The molecule has 0 atom stereocenters. The fourth-order valence-corrected chi connectivity index (χ4v) is 5.15. The van der Waals surface area contributed by atoms with Crippen LogP contribution in [0.4, 0.5) is 26.3 Å². The molecule has 7 nitrogen and oxygen atoms in total. The second-order valence-corrected chi connectivity index (χ2v) is 9.02. The van der Waals surface area contributed by atoms with Crippen LogP contribution in [0.25, 0.3) is 26.1 Å². The molecule has 15 heteroatoms. The molecule has 5 heterocycles. The van der Waals surface area contributed by atoms with Gasteiger partial charge in [0.2, 0.25) is 0 Å². The van der Waals surface area contributed by atoms with Crippen molar-refractivity contribution in [1.29, 1.82) is 0 Å². The monoisotopic (exact) mass is 549 g/mol. The zero-order valence-corrected chi connectivity index (χ0v) is 18.9. The standard InChI is InChI=1S/C18H10BrF6N7S/c1-6-3-8(17(20,21)22)27-16-10(6)12-13(33-16)15-28-9(29-32(15)5-26-12)4-31-7(2)11(19)14(30-31)18(23,24)25/h3,5H,4H2,1-2H3. The fourth-order valence-electron chi connectivity index (χ4n) is 3.46. The molecule has 172 valence electrons. The zero-order valence-electron chi connectivity index (χ0n) is 16.5. The van der Waals surface area contributed by atoms with Crippen molar-refractivity contribution >= 4 is 53.3 Å². The lowest BCUT2D eigenvalue weighted by Gasteiger charge is -2.06. The molecule has 5 aromatic heterocycles. The zero-order chi connectivity index (χ0) is 23.9. The van der Waals surface area contributed by atoms with Gasteiger partial charge >= 0.3 is 12.4 Å². The summed E-state index contributed by atoms with van der Waals surface area (Å²) in [5, 5.41) is 8.34. The van der Waals surface area contributed by atoms with Gasteiger partial charge in [0, 0.05) is 5.39 Å². The highest BCUT2D eigenvalue weighted by Gasteiger charge is 2.38. The van der Waals surface area contributed by atoms with E-state index in [0.29, 0.717) is 26.8 Å². The normalized spacial score (nSPS) is 13.1. The maximum Gasteiger partial charge on any atom is 0.436 e. The molecule has 33 heavy (non-hydrogen) atoms. The summed E-state index contributed by atoms with van der Waals surface area (Å²) in [6.45, 7) is 2.87. The van der Waals surface area contributed by atoms with Crippen LogP contribution in [0.1, 0.15) is 28.5 Å². The third kappa shape index (κ3) is 3.53. The van der Waals surface area contributed by atoms with Crippen molar-refractivity contribution in [3.05, 3.63) is 45.3 Å². The Balaban J connectivity index is 1.63. The Hall–Kier alpha value is -2.81. The molecule has 0 fully saturated rings. The second-order valence-electron chi connectivity index (χ2n) is 7.23. The predicted octanol–water partition coefficient (Wildman–Crippen LogP) is 5.55. The minimum atomic E-state index is -4.63. The number of aryl methyl sites for hydroxylation is 1. The maximum absolute atomic E-state index is 13.2. The van der Waals surface area contributed by atoms with E-state index in [0.717, 1.165) is 22.1 Å². The summed E-state index contributed by atoms with van der Waals surface area (Å²) in [6.07, 6.45) is -7.87. The molecule has 0 bridgehead atoms. The van der Waals surface area contributed by atoms with Gasteiger partial charge in [-0.3, -0.25) is 4.68 Å². The first-order valence-corrected chi connectivity index (χ1v) is 10.8. The lowest BCUT2D eigenvalue weighted by atomic mass is 10.1. The SMILES string of the molecule is Cc1cc(C(F)(F)F)nc2sc3c(ncn4nc(Cn5nc(C(F)(F)F)c(Br)c5C)nc34)c12. The number of hydrogen-bond donors (Lipinski definition) is 0. The molecule has 0 spiro atoms. The molecule has 0 radical (unpaired) electrons. The highest BCUT2D eigenvalue weighted by atomic mass is 79.9. The van der Waals surface area contributed by atoms with Crippen LogP contribution in [0, 0.1) is 13.8 Å². The van der Waals surface area contributed by atoms with Crippen molar-refractivity contribution in [2.75, 3.05) is 0 Å². The molecule has 0 aliphatic carbocycles. The van der Waals surface area contributed by atoms with Gasteiger partial charge in [0.1, 0.15) is 28.1 Å². The first-order chi connectivity index (χ1) is 15.3. The van der Waals surface area contributed by atoms with Gasteiger partial charge in [0.25, 0.3) is 0 Å². The summed E-state index contributed by atoms with van der Waals surface area (Å²) >= 11 is 3.91. The molecule has 0 N–H and O–H groups in total. The molecule has 0 aromatic carbocycles. The number of nitrogens with zero attached hydrogens (tertiary/aromatic N) is 7. The number of aromatic nitrogens is 7. The third-order valence-corrected chi connectivity index (χ3v) is 7.01. The number of halogens is 7. The minimum absolute atomic E-state index is 0.149. The highest BCUT2D eigenvalue weighted by molar-refractivity contribution is 9.10. The van der Waals surface area contributed by atoms with Crippen molar-refractivity contribution in [2.45, 2.75) is 32.7 Å². The Morgan fingerprint density at radius 2 is 1.76 bits per heavy atom. The van der Waals surface area contributed by atoms with E-state index in [9.17, 15) is 26.3 Å². The first-order valence-electron chi connectivity index (χ1n) is 9.16. The van der Waals surface area contributed by atoms with Gasteiger partial charge in [-0.25, -0.2) is 19.5 Å². The topological polar surface area (TPSA) is 73.8 Å². The largest absolute Gasteiger partial charge is 0.436 e. The third-order valence-electron chi connectivity index (χ3n) is 4.99. The second kappa shape index (κ2) is 7.09. The van der Waals surface area contributed by atoms with Crippen LogP contribution in [0.2, 0.25) is 0 Å². The Morgan fingerprint density at radius 3 is 2.39 bits per heavy atom. The number of alkyl halides is 6. The van der Waals surface area contributed by atoms with Crippen LogP contribution < -0.4 is 0 Å². The van der Waals surface area contributed by atoms with Gasteiger partial charge in [-0.2, -0.15) is 31.4 Å². The van der Waals surface area contributed by atoms with E-state index in [4.69, 9.17) is 0 Å². The molecule has 0 saturated heterocycles. The van der Waals surface area contributed by atoms with Gasteiger partial charge in [-0.05, 0) is 41.4 Å². The minimum Gasteiger partial charge on any atom is -0.260 e.